The SMILES string of the molecule is CCOC(=O)c1nn(C2CC[C@@H](C)N(C(=O)c3ccccc3-n3nccn3)C2)nc1C. The summed E-state index contributed by atoms with van der Waals surface area (Å²) in [4.78, 5) is 30.4. The molecule has 1 aromatic carbocycles. The number of hydrogen-bond acceptors (Lipinski definition) is 7. The smallest absolute Gasteiger partial charge is 0.360 e. The molecule has 0 spiro atoms. The summed E-state index contributed by atoms with van der Waals surface area (Å²) >= 11 is 0. The number of piperidine rings is 1. The lowest BCUT2D eigenvalue weighted by Gasteiger charge is -2.37. The first-order valence-electron chi connectivity index (χ1n) is 10.4. The molecule has 0 aliphatic carbocycles. The zero-order chi connectivity index (χ0) is 22.0. The molecule has 162 valence electrons. The lowest BCUT2D eigenvalue weighted by atomic mass is 9.98. The van der Waals surface area contributed by atoms with E-state index < -0.39 is 5.97 Å². The number of carbonyl (C=O) groups is 2. The normalized spacial score (nSPS) is 18.7. The van der Waals surface area contributed by atoms with Gasteiger partial charge in [-0.15, -0.1) is 5.10 Å². The molecule has 31 heavy (non-hydrogen) atoms. The molecule has 1 fully saturated rings. The number of nitrogens with zero attached hydrogens (tertiary/aromatic N) is 7. The van der Waals surface area contributed by atoms with E-state index in [2.05, 4.69) is 20.4 Å². The minimum Gasteiger partial charge on any atom is -0.461 e. The van der Waals surface area contributed by atoms with Gasteiger partial charge in [-0.2, -0.15) is 24.9 Å². The number of aromatic nitrogens is 6. The second-order valence-electron chi connectivity index (χ2n) is 7.55. The van der Waals surface area contributed by atoms with Crippen LogP contribution in [0.4, 0.5) is 0 Å². The van der Waals surface area contributed by atoms with E-state index >= 15 is 0 Å². The molecule has 1 amide bonds. The third-order valence-electron chi connectivity index (χ3n) is 5.48. The van der Waals surface area contributed by atoms with Crippen molar-refractivity contribution in [3.63, 3.8) is 0 Å². The Morgan fingerprint density at radius 1 is 1.13 bits per heavy atom. The van der Waals surface area contributed by atoms with Crippen LogP contribution < -0.4 is 0 Å². The first-order valence-corrected chi connectivity index (χ1v) is 10.4. The van der Waals surface area contributed by atoms with Gasteiger partial charge in [0.15, 0.2) is 5.69 Å². The predicted molar refractivity (Wildman–Crippen MR) is 111 cm³/mol. The van der Waals surface area contributed by atoms with Crippen LogP contribution in [0.5, 0.6) is 0 Å². The Morgan fingerprint density at radius 3 is 2.61 bits per heavy atom. The fourth-order valence-electron chi connectivity index (χ4n) is 3.83. The molecule has 3 aromatic rings. The Labute approximate surface area is 179 Å². The second kappa shape index (κ2) is 8.66. The number of amides is 1. The number of aryl methyl sites for hydroxylation is 1. The van der Waals surface area contributed by atoms with Gasteiger partial charge < -0.3 is 9.64 Å². The molecular formula is C21H25N7O3. The zero-order valence-corrected chi connectivity index (χ0v) is 17.8. The molecular weight excluding hydrogens is 398 g/mol. The van der Waals surface area contributed by atoms with E-state index in [0.29, 0.717) is 23.5 Å². The first-order chi connectivity index (χ1) is 15.0. The highest BCUT2D eigenvalue weighted by Crippen LogP contribution is 2.28. The fourth-order valence-corrected chi connectivity index (χ4v) is 3.83. The van der Waals surface area contributed by atoms with Gasteiger partial charge in [0.2, 0.25) is 0 Å². The van der Waals surface area contributed by atoms with Crippen LogP contribution >= 0.6 is 0 Å². The topological polar surface area (TPSA) is 108 Å². The van der Waals surface area contributed by atoms with Gasteiger partial charge in [0.1, 0.15) is 0 Å². The summed E-state index contributed by atoms with van der Waals surface area (Å²) in [5.74, 6) is -0.580. The third-order valence-corrected chi connectivity index (χ3v) is 5.48. The molecule has 1 aliphatic rings. The van der Waals surface area contributed by atoms with Crippen LogP contribution in [0.25, 0.3) is 5.69 Å². The number of para-hydroxylation sites is 1. The van der Waals surface area contributed by atoms with E-state index in [9.17, 15) is 9.59 Å². The number of ether oxygens (including phenoxy) is 1. The van der Waals surface area contributed by atoms with Gasteiger partial charge in [-0.1, -0.05) is 12.1 Å². The van der Waals surface area contributed by atoms with E-state index in [-0.39, 0.29) is 30.3 Å². The zero-order valence-electron chi connectivity index (χ0n) is 17.8. The van der Waals surface area contributed by atoms with E-state index in [1.54, 1.807) is 37.1 Å². The Hall–Kier alpha value is -3.56. The van der Waals surface area contributed by atoms with Gasteiger partial charge in [-0.05, 0) is 45.7 Å². The minimum atomic E-state index is -0.482. The number of benzene rings is 1. The highest BCUT2D eigenvalue weighted by Gasteiger charge is 2.33. The Kier molecular flexibility index (Phi) is 5.79. The van der Waals surface area contributed by atoms with E-state index in [0.717, 1.165) is 12.8 Å². The highest BCUT2D eigenvalue weighted by molar-refractivity contribution is 5.98. The summed E-state index contributed by atoms with van der Waals surface area (Å²) in [6, 6.07) is 7.22. The van der Waals surface area contributed by atoms with Crippen LogP contribution in [0.15, 0.2) is 36.7 Å². The van der Waals surface area contributed by atoms with Gasteiger partial charge in [0.25, 0.3) is 5.91 Å². The van der Waals surface area contributed by atoms with Crippen molar-refractivity contribution in [1.29, 1.82) is 0 Å². The molecule has 3 heterocycles. The van der Waals surface area contributed by atoms with Crippen LogP contribution in [0.2, 0.25) is 0 Å². The van der Waals surface area contributed by atoms with E-state index in [4.69, 9.17) is 4.74 Å². The molecule has 0 radical (unpaired) electrons. The number of hydrogen-bond donors (Lipinski definition) is 0. The molecule has 4 rings (SSSR count). The molecule has 10 heteroatoms. The maximum absolute atomic E-state index is 13.5. The standard InChI is InChI=1S/C21H25N7O3/c1-4-31-21(30)19-15(3)24-27(25-19)16-10-9-14(2)26(13-16)20(29)17-7-5-6-8-18(17)28-22-11-12-23-28/h5-8,11-12,14,16H,4,9-10,13H2,1-3H3/t14-,16?/m1/s1. The lowest BCUT2D eigenvalue weighted by Crippen LogP contribution is -2.46. The van der Waals surface area contributed by atoms with Gasteiger partial charge in [0.05, 0.1) is 42.0 Å². The maximum atomic E-state index is 13.5. The first kappa shape index (κ1) is 20.7. The van der Waals surface area contributed by atoms with Crippen LogP contribution in [0.1, 0.15) is 59.3 Å². The lowest BCUT2D eigenvalue weighted by molar-refractivity contribution is 0.0502. The van der Waals surface area contributed by atoms with Crippen molar-refractivity contribution in [2.45, 2.75) is 45.7 Å². The molecule has 1 saturated heterocycles. The van der Waals surface area contributed by atoms with Crippen molar-refractivity contribution in [2.24, 2.45) is 0 Å². The van der Waals surface area contributed by atoms with E-state index in [1.807, 2.05) is 30.0 Å². The van der Waals surface area contributed by atoms with Crippen LogP contribution in [0.3, 0.4) is 0 Å². The molecule has 2 aromatic heterocycles. The highest BCUT2D eigenvalue weighted by atomic mass is 16.5. The summed E-state index contributed by atoms with van der Waals surface area (Å²) < 4.78 is 5.06. The monoisotopic (exact) mass is 423 g/mol. The summed E-state index contributed by atoms with van der Waals surface area (Å²) in [7, 11) is 0. The largest absolute Gasteiger partial charge is 0.461 e. The summed E-state index contributed by atoms with van der Waals surface area (Å²) in [5, 5.41) is 17.1. The van der Waals surface area contributed by atoms with Crippen molar-refractivity contribution < 1.29 is 14.3 Å². The number of rotatable bonds is 5. The fraction of sp³-hybridized carbons (Fsp3) is 0.429. The molecule has 0 N–H and O–H groups in total. The van der Waals surface area contributed by atoms with Gasteiger partial charge in [-0.3, -0.25) is 4.79 Å². The predicted octanol–water partition coefficient (Wildman–Crippen LogP) is 2.21. The molecule has 1 unspecified atom stereocenters. The van der Waals surface area contributed by atoms with Gasteiger partial charge >= 0.3 is 5.97 Å². The van der Waals surface area contributed by atoms with Crippen molar-refractivity contribution in [3.05, 3.63) is 53.6 Å². The number of esters is 1. The van der Waals surface area contributed by atoms with Crippen LogP contribution in [-0.2, 0) is 4.74 Å². The number of likely N-dealkylation sites (tertiary alicyclic amines) is 1. The molecule has 10 nitrogen and oxygen atoms in total. The van der Waals surface area contributed by atoms with Crippen molar-refractivity contribution >= 4 is 11.9 Å². The Morgan fingerprint density at radius 2 is 1.87 bits per heavy atom. The molecule has 1 aliphatic heterocycles. The molecule has 0 bridgehead atoms. The maximum Gasteiger partial charge on any atom is 0.360 e. The average molecular weight is 423 g/mol. The Bertz CT molecular complexity index is 1080. The van der Waals surface area contributed by atoms with Crippen LogP contribution in [-0.4, -0.2) is 66.0 Å². The Balaban J connectivity index is 1.59. The quantitative estimate of drug-likeness (QED) is 0.579. The van der Waals surface area contributed by atoms with Crippen molar-refractivity contribution in [3.8, 4) is 5.69 Å². The minimum absolute atomic E-state index is 0.0589. The molecule has 0 saturated carbocycles. The third kappa shape index (κ3) is 4.05. The number of carbonyl (C=O) groups excluding carboxylic acids is 2. The summed E-state index contributed by atoms with van der Waals surface area (Å²) in [6.07, 6.45) is 4.76. The summed E-state index contributed by atoms with van der Waals surface area (Å²) in [5.41, 5.74) is 1.89. The van der Waals surface area contributed by atoms with Crippen molar-refractivity contribution in [2.75, 3.05) is 13.2 Å². The second-order valence-corrected chi connectivity index (χ2v) is 7.55. The van der Waals surface area contributed by atoms with E-state index in [1.165, 1.54) is 4.80 Å². The van der Waals surface area contributed by atoms with Gasteiger partial charge in [0, 0.05) is 12.6 Å². The van der Waals surface area contributed by atoms with Crippen molar-refractivity contribution in [1.82, 2.24) is 34.9 Å². The molecule has 2 atom stereocenters. The van der Waals surface area contributed by atoms with Crippen LogP contribution in [0, 0.1) is 6.92 Å². The summed E-state index contributed by atoms with van der Waals surface area (Å²) in [6.45, 7) is 6.24. The average Bonchev–Trinajstić information content (AvgIpc) is 3.44. The van der Waals surface area contributed by atoms with Gasteiger partial charge in [-0.25, -0.2) is 4.79 Å².